The normalized spacial score (nSPS) is 12.5. The van der Waals surface area contributed by atoms with Gasteiger partial charge in [-0.3, -0.25) is 14.2 Å². The number of nitriles is 1. The van der Waals surface area contributed by atoms with Gasteiger partial charge in [-0.1, -0.05) is 12.1 Å². The summed E-state index contributed by atoms with van der Waals surface area (Å²) >= 11 is 0. The van der Waals surface area contributed by atoms with E-state index in [1.54, 1.807) is 18.2 Å². The highest BCUT2D eigenvalue weighted by molar-refractivity contribution is 5.90. The Hall–Kier alpha value is -3.14. The Kier molecular flexibility index (Phi) is 4.04. The fraction of sp³-hybridized carbons (Fsp3) is 0.294. The molecular formula is C17H16N4O3. The quantitative estimate of drug-likeness (QED) is 0.902. The Labute approximate surface area is 137 Å². The second-order valence-electron chi connectivity index (χ2n) is 5.78. The Bertz CT molecular complexity index is 979. The summed E-state index contributed by atoms with van der Waals surface area (Å²) in [5, 5.41) is 11.9. The lowest BCUT2D eigenvalue weighted by molar-refractivity contribution is -0.116. The molecule has 0 fully saturated rings. The van der Waals surface area contributed by atoms with Gasteiger partial charge >= 0.3 is 5.69 Å². The number of hydrogen-bond acceptors (Lipinski definition) is 4. The van der Waals surface area contributed by atoms with E-state index in [-0.39, 0.29) is 5.56 Å². The van der Waals surface area contributed by atoms with Gasteiger partial charge in [0.05, 0.1) is 0 Å². The third-order valence-electron chi connectivity index (χ3n) is 4.05. The van der Waals surface area contributed by atoms with Crippen LogP contribution in [0, 0.1) is 18.3 Å². The standard InChI is InChI=1S/C17H16N4O3/c1-11-4-2-5-12(8-11)19-15(22)10-21-16(23)13(9-18)14-6-3-7-20(14)17(21)24/h2,4-5,8H,3,6-7,10H2,1H3,(H,19,22). The van der Waals surface area contributed by atoms with Crippen LogP contribution in [0.1, 0.15) is 23.2 Å². The molecule has 2 heterocycles. The summed E-state index contributed by atoms with van der Waals surface area (Å²) in [5.41, 5.74) is 0.767. The molecule has 1 aliphatic heterocycles. The number of nitrogens with zero attached hydrogens (tertiary/aromatic N) is 3. The minimum Gasteiger partial charge on any atom is -0.325 e. The highest BCUT2D eigenvalue weighted by Crippen LogP contribution is 2.13. The number of fused-ring (bicyclic) bond motifs is 1. The van der Waals surface area contributed by atoms with Crippen LogP contribution in [0.25, 0.3) is 0 Å². The molecule has 24 heavy (non-hydrogen) atoms. The molecule has 1 aliphatic rings. The zero-order chi connectivity index (χ0) is 17.3. The van der Waals surface area contributed by atoms with Crippen LogP contribution in [0.2, 0.25) is 0 Å². The fourth-order valence-corrected chi connectivity index (χ4v) is 2.96. The average molecular weight is 324 g/mol. The van der Waals surface area contributed by atoms with E-state index in [9.17, 15) is 19.6 Å². The number of aromatic nitrogens is 2. The van der Waals surface area contributed by atoms with Crippen molar-refractivity contribution in [3.63, 3.8) is 0 Å². The summed E-state index contributed by atoms with van der Waals surface area (Å²) in [7, 11) is 0. The lowest BCUT2D eigenvalue weighted by Crippen LogP contribution is -2.44. The zero-order valence-corrected chi connectivity index (χ0v) is 13.2. The number of hydrogen-bond donors (Lipinski definition) is 1. The van der Waals surface area contributed by atoms with Crippen molar-refractivity contribution in [2.24, 2.45) is 0 Å². The predicted molar refractivity (Wildman–Crippen MR) is 87.8 cm³/mol. The monoisotopic (exact) mass is 324 g/mol. The van der Waals surface area contributed by atoms with E-state index in [0.29, 0.717) is 30.8 Å². The second kappa shape index (κ2) is 6.16. The fourth-order valence-electron chi connectivity index (χ4n) is 2.96. The van der Waals surface area contributed by atoms with Gasteiger partial charge in [0.25, 0.3) is 5.56 Å². The number of carbonyl (C=O) groups is 1. The number of rotatable bonds is 3. The molecule has 2 aromatic rings. The summed E-state index contributed by atoms with van der Waals surface area (Å²) in [6.07, 6.45) is 1.24. The number of carbonyl (C=O) groups excluding carboxylic acids is 1. The Morgan fingerprint density at radius 1 is 1.38 bits per heavy atom. The van der Waals surface area contributed by atoms with Crippen LogP contribution < -0.4 is 16.6 Å². The molecule has 0 radical (unpaired) electrons. The van der Waals surface area contributed by atoms with Gasteiger partial charge in [-0.15, -0.1) is 0 Å². The van der Waals surface area contributed by atoms with E-state index in [1.165, 1.54) is 4.57 Å². The number of amides is 1. The largest absolute Gasteiger partial charge is 0.331 e. The first-order valence-electron chi connectivity index (χ1n) is 7.64. The van der Waals surface area contributed by atoms with E-state index in [1.807, 2.05) is 19.1 Å². The zero-order valence-electron chi connectivity index (χ0n) is 13.2. The molecule has 1 aromatic heterocycles. The Morgan fingerprint density at radius 3 is 2.88 bits per heavy atom. The molecule has 1 aromatic carbocycles. The van der Waals surface area contributed by atoms with Crippen molar-refractivity contribution < 1.29 is 4.79 Å². The molecular weight excluding hydrogens is 308 g/mol. The maximum atomic E-state index is 12.4. The molecule has 0 saturated heterocycles. The van der Waals surface area contributed by atoms with Gasteiger partial charge in [0, 0.05) is 17.9 Å². The minimum absolute atomic E-state index is 0.0459. The third kappa shape index (κ3) is 2.74. The van der Waals surface area contributed by atoms with Crippen molar-refractivity contribution in [3.05, 3.63) is 61.9 Å². The molecule has 1 amide bonds. The van der Waals surface area contributed by atoms with Gasteiger partial charge in [-0.2, -0.15) is 5.26 Å². The second-order valence-corrected chi connectivity index (χ2v) is 5.78. The average Bonchev–Trinajstić information content (AvgIpc) is 3.01. The number of nitrogens with one attached hydrogen (secondary N) is 1. The van der Waals surface area contributed by atoms with Crippen molar-refractivity contribution in [3.8, 4) is 6.07 Å². The highest BCUT2D eigenvalue weighted by Gasteiger charge is 2.23. The van der Waals surface area contributed by atoms with E-state index in [4.69, 9.17) is 0 Å². The first kappa shape index (κ1) is 15.7. The van der Waals surface area contributed by atoms with E-state index >= 15 is 0 Å². The van der Waals surface area contributed by atoms with Crippen LogP contribution in [0.5, 0.6) is 0 Å². The maximum absolute atomic E-state index is 12.4. The summed E-state index contributed by atoms with van der Waals surface area (Å²) in [4.78, 5) is 37.0. The van der Waals surface area contributed by atoms with Gasteiger partial charge in [-0.25, -0.2) is 9.36 Å². The first-order chi connectivity index (χ1) is 11.5. The summed E-state index contributed by atoms with van der Waals surface area (Å²) in [6, 6.07) is 9.08. The minimum atomic E-state index is -0.699. The van der Waals surface area contributed by atoms with E-state index in [2.05, 4.69) is 5.32 Å². The molecule has 7 nitrogen and oxygen atoms in total. The SMILES string of the molecule is Cc1cccc(NC(=O)Cn2c(=O)c(C#N)c3n(c2=O)CCC3)c1. The molecule has 0 unspecified atom stereocenters. The Balaban J connectivity index is 1.93. The van der Waals surface area contributed by atoms with Gasteiger partial charge in [-0.05, 0) is 37.5 Å². The topological polar surface area (TPSA) is 96.9 Å². The number of anilines is 1. The predicted octanol–water partition coefficient (Wildman–Crippen LogP) is 0.775. The first-order valence-corrected chi connectivity index (χ1v) is 7.64. The molecule has 0 spiro atoms. The molecule has 0 atom stereocenters. The van der Waals surface area contributed by atoms with Crippen LogP contribution in [-0.4, -0.2) is 15.0 Å². The van der Waals surface area contributed by atoms with Crippen molar-refractivity contribution in [2.45, 2.75) is 32.9 Å². The summed E-state index contributed by atoms with van der Waals surface area (Å²) < 4.78 is 2.25. The third-order valence-corrected chi connectivity index (χ3v) is 4.05. The van der Waals surface area contributed by atoms with E-state index < -0.39 is 23.7 Å². The maximum Gasteiger partial charge on any atom is 0.331 e. The molecule has 7 heteroatoms. The van der Waals surface area contributed by atoms with Gasteiger partial charge in [0.1, 0.15) is 18.2 Å². The molecule has 0 bridgehead atoms. The van der Waals surface area contributed by atoms with Crippen LogP contribution in [0.3, 0.4) is 0 Å². The number of benzene rings is 1. The molecule has 0 saturated carbocycles. The lowest BCUT2D eigenvalue weighted by atomic mass is 10.2. The van der Waals surface area contributed by atoms with Crippen LogP contribution in [0.4, 0.5) is 5.69 Å². The summed E-state index contributed by atoms with van der Waals surface area (Å²) in [6.45, 7) is 1.94. The smallest absolute Gasteiger partial charge is 0.325 e. The van der Waals surface area contributed by atoms with E-state index in [0.717, 1.165) is 10.1 Å². The van der Waals surface area contributed by atoms with Crippen molar-refractivity contribution in [1.82, 2.24) is 9.13 Å². The van der Waals surface area contributed by atoms with Crippen LogP contribution >= 0.6 is 0 Å². The van der Waals surface area contributed by atoms with Gasteiger partial charge in [0.15, 0.2) is 0 Å². The summed E-state index contributed by atoms with van der Waals surface area (Å²) in [5.74, 6) is -0.484. The highest BCUT2D eigenvalue weighted by atomic mass is 16.2. The number of aryl methyl sites for hydroxylation is 1. The Morgan fingerprint density at radius 2 is 2.17 bits per heavy atom. The molecule has 3 rings (SSSR count). The molecule has 0 aliphatic carbocycles. The lowest BCUT2D eigenvalue weighted by Gasteiger charge is -2.11. The van der Waals surface area contributed by atoms with Gasteiger partial charge < -0.3 is 5.32 Å². The van der Waals surface area contributed by atoms with Crippen molar-refractivity contribution in [2.75, 3.05) is 5.32 Å². The van der Waals surface area contributed by atoms with Crippen molar-refractivity contribution in [1.29, 1.82) is 5.26 Å². The van der Waals surface area contributed by atoms with Gasteiger partial charge in [0.2, 0.25) is 5.91 Å². The molecule has 1 N–H and O–H groups in total. The van der Waals surface area contributed by atoms with Crippen molar-refractivity contribution >= 4 is 11.6 Å². The van der Waals surface area contributed by atoms with Crippen LogP contribution in [0.15, 0.2) is 33.9 Å². The van der Waals surface area contributed by atoms with Crippen LogP contribution in [-0.2, 0) is 24.3 Å². The molecule has 122 valence electrons.